The molecule has 0 fully saturated rings. The van der Waals surface area contributed by atoms with Gasteiger partial charge in [-0.05, 0) is 17.5 Å². The number of alkyl halides is 1. The van der Waals surface area contributed by atoms with Crippen LogP contribution in [-0.2, 0) is 16.7 Å². The van der Waals surface area contributed by atoms with Gasteiger partial charge >= 0.3 is 0 Å². The maximum atomic E-state index is 5.76. The van der Waals surface area contributed by atoms with Gasteiger partial charge < -0.3 is 4.43 Å². The largest absolute Gasteiger partial charge is 0.418 e. The fourth-order valence-electron chi connectivity index (χ4n) is 1.09. The lowest BCUT2D eigenvalue weighted by Gasteiger charge is -2.05. The second-order valence-corrected chi connectivity index (χ2v) is 3.06. The van der Waals surface area contributed by atoms with Crippen LogP contribution < -0.4 is 0 Å². The van der Waals surface area contributed by atoms with E-state index >= 15 is 0 Å². The summed E-state index contributed by atoms with van der Waals surface area (Å²) in [5.41, 5.74) is 2.44. The molecule has 0 aromatic heterocycles. The Morgan fingerprint density at radius 2 is 1.92 bits per heavy atom. The molecule has 0 aliphatic heterocycles. The highest BCUT2D eigenvalue weighted by Crippen LogP contribution is 2.11. The van der Waals surface area contributed by atoms with Crippen molar-refractivity contribution in [3.05, 3.63) is 35.4 Å². The highest BCUT2D eigenvalue weighted by atomic mass is 35.5. The van der Waals surface area contributed by atoms with Crippen LogP contribution in [0.1, 0.15) is 11.1 Å². The molecule has 1 aromatic rings. The molecule has 0 saturated heterocycles. The summed E-state index contributed by atoms with van der Waals surface area (Å²) in [6, 6.07) is 8.12. The van der Waals surface area contributed by atoms with Crippen molar-refractivity contribution in [3.63, 3.8) is 0 Å². The maximum absolute atomic E-state index is 5.76. The van der Waals surface area contributed by atoms with Gasteiger partial charge in [-0.3, -0.25) is 0 Å². The Morgan fingerprint density at radius 1 is 1.25 bits per heavy atom. The number of benzene rings is 1. The summed E-state index contributed by atoms with van der Waals surface area (Å²) in [5.74, 6) is 0.567. The van der Waals surface area contributed by atoms with E-state index in [1.807, 2.05) is 18.2 Å². The van der Waals surface area contributed by atoms with E-state index in [2.05, 4.69) is 16.6 Å². The first-order chi connectivity index (χ1) is 5.88. The van der Waals surface area contributed by atoms with E-state index in [-0.39, 0.29) is 0 Å². The molecule has 1 nitrogen and oxygen atoms in total. The first-order valence-corrected chi connectivity index (χ1v) is 4.74. The number of halogens is 1. The highest BCUT2D eigenvalue weighted by Gasteiger charge is 1.98. The van der Waals surface area contributed by atoms with Crippen LogP contribution in [0.15, 0.2) is 24.3 Å². The molecule has 0 unspecified atom stereocenters. The Labute approximate surface area is 81.2 Å². The smallest absolute Gasteiger partial charge is 0.246 e. The minimum atomic E-state index is 0.567. The van der Waals surface area contributed by atoms with Crippen LogP contribution >= 0.6 is 11.6 Å². The van der Waals surface area contributed by atoms with Crippen molar-refractivity contribution in [1.29, 1.82) is 0 Å². The van der Waals surface area contributed by atoms with Gasteiger partial charge in [0.05, 0.1) is 0 Å². The van der Waals surface area contributed by atoms with Crippen LogP contribution in [0.25, 0.3) is 0 Å². The van der Waals surface area contributed by atoms with Gasteiger partial charge in [0.25, 0.3) is 0 Å². The third kappa shape index (κ3) is 2.63. The van der Waals surface area contributed by atoms with Crippen molar-refractivity contribution in [2.24, 2.45) is 0 Å². The topological polar surface area (TPSA) is 9.23 Å². The predicted molar refractivity (Wildman–Crippen MR) is 51.4 cm³/mol. The lowest BCUT2D eigenvalue weighted by atomic mass is 10.1. The Morgan fingerprint density at radius 3 is 2.50 bits per heavy atom. The molecule has 3 radical (unpaired) electrons. The Kier molecular flexibility index (Phi) is 4.36. The van der Waals surface area contributed by atoms with Crippen molar-refractivity contribution >= 4 is 22.1 Å². The molecule has 0 spiro atoms. The van der Waals surface area contributed by atoms with Crippen molar-refractivity contribution in [3.8, 4) is 0 Å². The van der Waals surface area contributed by atoms with Gasteiger partial charge in [-0.15, -0.1) is 11.6 Å². The van der Waals surface area contributed by atoms with E-state index in [1.54, 1.807) is 0 Å². The lowest BCUT2D eigenvalue weighted by molar-refractivity contribution is 0.354. The van der Waals surface area contributed by atoms with Crippen molar-refractivity contribution in [2.45, 2.75) is 12.3 Å². The average Bonchev–Trinajstić information content (AvgIpc) is 2.15. The zero-order valence-electron chi connectivity index (χ0n) is 6.72. The molecular formula is C9H10ClOSi. The monoisotopic (exact) mass is 197 g/mol. The molecule has 1 aromatic carbocycles. The molecule has 63 valence electrons. The molecule has 0 amide bonds. The molecule has 0 saturated carbocycles. The number of rotatable bonds is 4. The van der Waals surface area contributed by atoms with Gasteiger partial charge in [-0.1, -0.05) is 24.3 Å². The molecular weight excluding hydrogens is 188 g/mol. The molecule has 0 N–H and O–H groups in total. The molecule has 0 atom stereocenters. The van der Waals surface area contributed by atoms with Gasteiger partial charge in [-0.25, -0.2) is 0 Å². The molecule has 12 heavy (non-hydrogen) atoms. The Hall–Kier alpha value is -0.313. The molecule has 0 heterocycles. The Bertz CT molecular complexity index is 240. The summed E-state index contributed by atoms with van der Waals surface area (Å²) < 4.78 is 4.81. The van der Waals surface area contributed by atoms with Gasteiger partial charge in [0.2, 0.25) is 10.5 Å². The van der Waals surface area contributed by atoms with Gasteiger partial charge in [0, 0.05) is 12.5 Å². The van der Waals surface area contributed by atoms with E-state index in [9.17, 15) is 0 Å². The summed E-state index contributed by atoms with van der Waals surface area (Å²) in [6.07, 6.45) is 0.895. The van der Waals surface area contributed by atoms with Crippen molar-refractivity contribution < 1.29 is 4.43 Å². The van der Waals surface area contributed by atoms with Crippen LogP contribution in [0.2, 0.25) is 0 Å². The third-order valence-electron chi connectivity index (χ3n) is 1.74. The second-order valence-electron chi connectivity index (χ2n) is 2.50. The van der Waals surface area contributed by atoms with E-state index in [0.29, 0.717) is 12.5 Å². The van der Waals surface area contributed by atoms with Crippen LogP contribution in [0, 0.1) is 0 Å². The fraction of sp³-hybridized carbons (Fsp3) is 0.333. The molecule has 3 heteroatoms. The summed E-state index contributed by atoms with van der Waals surface area (Å²) in [4.78, 5) is 0. The number of hydrogen-bond donors (Lipinski definition) is 0. The van der Waals surface area contributed by atoms with E-state index in [0.717, 1.165) is 6.42 Å². The predicted octanol–water partition coefficient (Wildman–Crippen LogP) is 2.07. The molecule has 0 aliphatic carbocycles. The quantitative estimate of drug-likeness (QED) is 0.531. The van der Waals surface area contributed by atoms with Crippen LogP contribution in [0.5, 0.6) is 0 Å². The highest BCUT2D eigenvalue weighted by molar-refractivity contribution is 6.17. The fourth-order valence-corrected chi connectivity index (χ4v) is 1.46. The third-order valence-corrected chi connectivity index (χ3v) is 2.23. The maximum Gasteiger partial charge on any atom is 0.246 e. The average molecular weight is 198 g/mol. The summed E-state index contributed by atoms with van der Waals surface area (Å²) >= 11 is 5.76. The van der Waals surface area contributed by atoms with E-state index < -0.39 is 0 Å². The standard InChI is InChI=1S/C9H10ClOSi/c10-7-9-4-2-1-3-8(9)5-6-11-12/h1-4H,5-7H2. The Balaban J connectivity index is 2.68. The van der Waals surface area contributed by atoms with Crippen LogP contribution in [0.3, 0.4) is 0 Å². The minimum Gasteiger partial charge on any atom is -0.418 e. The van der Waals surface area contributed by atoms with E-state index in [4.69, 9.17) is 16.0 Å². The van der Waals surface area contributed by atoms with Crippen LogP contribution in [-0.4, -0.2) is 17.1 Å². The molecule has 0 bridgehead atoms. The van der Waals surface area contributed by atoms with Gasteiger partial charge in [0.1, 0.15) is 0 Å². The van der Waals surface area contributed by atoms with Gasteiger partial charge in [-0.2, -0.15) is 0 Å². The first-order valence-electron chi connectivity index (χ1n) is 3.79. The normalized spacial score (nSPS) is 10.2. The van der Waals surface area contributed by atoms with Gasteiger partial charge in [0.15, 0.2) is 0 Å². The van der Waals surface area contributed by atoms with E-state index in [1.165, 1.54) is 11.1 Å². The first kappa shape index (κ1) is 9.77. The number of hydrogen-bond acceptors (Lipinski definition) is 1. The van der Waals surface area contributed by atoms with Crippen LogP contribution in [0.4, 0.5) is 0 Å². The summed E-state index contributed by atoms with van der Waals surface area (Å²) in [6.45, 7) is 0.671. The zero-order chi connectivity index (χ0) is 8.81. The molecule has 0 aliphatic rings. The molecule has 1 rings (SSSR count). The second kappa shape index (κ2) is 5.35. The lowest BCUT2D eigenvalue weighted by Crippen LogP contribution is -1.98. The summed E-state index contributed by atoms with van der Waals surface area (Å²) in [7, 11) is 2.97. The summed E-state index contributed by atoms with van der Waals surface area (Å²) in [5, 5.41) is 0. The SMILES string of the molecule is [Si]OCCc1ccccc1CCl. The minimum absolute atomic E-state index is 0.567. The van der Waals surface area contributed by atoms with Crippen molar-refractivity contribution in [2.75, 3.05) is 6.61 Å². The zero-order valence-corrected chi connectivity index (χ0v) is 8.47. The van der Waals surface area contributed by atoms with Crippen molar-refractivity contribution in [1.82, 2.24) is 0 Å².